The molecule has 0 aliphatic carbocycles. The highest BCUT2D eigenvalue weighted by Crippen LogP contribution is 2.19. The highest BCUT2D eigenvalue weighted by atomic mass is 16.3. The van der Waals surface area contributed by atoms with E-state index in [4.69, 9.17) is 0 Å². The maximum atomic E-state index is 11.8. The molecule has 0 unspecified atom stereocenters. The van der Waals surface area contributed by atoms with Crippen molar-refractivity contribution < 1.29 is 9.90 Å². The van der Waals surface area contributed by atoms with Crippen molar-refractivity contribution in [2.45, 2.75) is 25.7 Å². The van der Waals surface area contributed by atoms with Gasteiger partial charge in [-0.1, -0.05) is 6.07 Å². The third-order valence-electron chi connectivity index (χ3n) is 3.37. The molecule has 1 amide bonds. The number of hydrogen-bond donors (Lipinski definition) is 3. The summed E-state index contributed by atoms with van der Waals surface area (Å²) in [4.78, 5) is 11.8. The van der Waals surface area contributed by atoms with E-state index in [0.29, 0.717) is 18.0 Å². The molecule has 1 heterocycles. The lowest BCUT2D eigenvalue weighted by molar-refractivity contribution is -0.116. The number of anilines is 1. The highest BCUT2D eigenvalue weighted by Gasteiger charge is 2.14. The van der Waals surface area contributed by atoms with Gasteiger partial charge < -0.3 is 15.7 Å². The number of rotatable bonds is 4. The molecular formula is C14H20N2O2. The summed E-state index contributed by atoms with van der Waals surface area (Å²) >= 11 is 0. The van der Waals surface area contributed by atoms with Crippen molar-refractivity contribution in [3.8, 4) is 5.75 Å². The van der Waals surface area contributed by atoms with Crippen LogP contribution in [0.1, 0.15) is 25.7 Å². The zero-order valence-corrected chi connectivity index (χ0v) is 10.5. The second-order valence-electron chi connectivity index (χ2n) is 4.83. The van der Waals surface area contributed by atoms with Gasteiger partial charge in [0.15, 0.2) is 0 Å². The van der Waals surface area contributed by atoms with Crippen LogP contribution in [0.4, 0.5) is 5.69 Å². The molecule has 1 aliphatic rings. The molecule has 18 heavy (non-hydrogen) atoms. The Morgan fingerprint density at radius 1 is 1.39 bits per heavy atom. The Bertz CT molecular complexity index is 401. The van der Waals surface area contributed by atoms with Crippen molar-refractivity contribution in [2.75, 3.05) is 18.4 Å². The van der Waals surface area contributed by atoms with Gasteiger partial charge in [-0.05, 0) is 50.4 Å². The fourth-order valence-electron chi connectivity index (χ4n) is 2.31. The van der Waals surface area contributed by atoms with E-state index in [0.717, 1.165) is 19.5 Å². The lowest BCUT2D eigenvalue weighted by Gasteiger charge is -2.22. The maximum absolute atomic E-state index is 11.8. The van der Waals surface area contributed by atoms with Crippen molar-refractivity contribution in [1.29, 1.82) is 0 Å². The molecule has 0 spiro atoms. The van der Waals surface area contributed by atoms with Crippen molar-refractivity contribution in [2.24, 2.45) is 5.92 Å². The Kier molecular flexibility index (Phi) is 4.59. The number of carbonyl (C=O) groups is 1. The van der Waals surface area contributed by atoms with E-state index in [-0.39, 0.29) is 11.7 Å². The molecule has 98 valence electrons. The number of hydrogen-bond acceptors (Lipinski definition) is 3. The van der Waals surface area contributed by atoms with Gasteiger partial charge in [0.1, 0.15) is 5.75 Å². The second kappa shape index (κ2) is 6.40. The topological polar surface area (TPSA) is 61.4 Å². The van der Waals surface area contributed by atoms with E-state index in [9.17, 15) is 9.90 Å². The van der Waals surface area contributed by atoms with E-state index in [1.54, 1.807) is 24.3 Å². The SMILES string of the molecule is O=C(CCC1CCNCC1)Nc1cccc(O)c1. The lowest BCUT2D eigenvalue weighted by Crippen LogP contribution is -2.28. The predicted octanol–water partition coefficient (Wildman–Crippen LogP) is 2.11. The van der Waals surface area contributed by atoms with Crippen LogP contribution < -0.4 is 10.6 Å². The van der Waals surface area contributed by atoms with Gasteiger partial charge in [-0.15, -0.1) is 0 Å². The molecule has 0 radical (unpaired) electrons. The predicted molar refractivity (Wildman–Crippen MR) is 71.6 cm³/mol. The number of amides is 1. The van der Waals surface area contributed by atoms with Crippen LogP contribution in [0, 0.1) is 5.92 Å². The van der Waals surface area contributed by atoms with E-state index in [1.807, 2.05) is 0 Å². The van der Waals surface area contributed by atoms with Crippen LogP contribution in [-0.2, 0) is 4.79 Å². The summed E-state index contributed by atoms with van der Waals surface area (Å²) in [6.07, 6.45) is 3.84. The largest absolute Gasteiger partial charge is 0.508 e. The average molecular weight is 248 g/mol. The Hall–Kier alpha value is -1.55. The molecule has 2 rings (SSSR count). The quantitative estimate of drug-likeness (QED) is 0.764. The molecule has 1 aliphatic heterocycles. The summed E-state index contributed by atoms with van der Waals surface area (Å²) in [6.45, 7) is 2.14. The van der Waals surface area contributed by atoms with Crippen LogP contribution in [-0.4, -0.2) is 24.1 Å². The van der Waals surface area contributed by atoms with E-state index < -0.39 is 0 Å². The molecule has 1 fully saturated rings. The molecule has 4 heteroatoms. The minimum Gasteiger partial charge on any atom is -0.508 e. The molecule has 1 aromatic carbocycles. The molecule has 0 aromatic heterocycles. The van der Waals surface area contributed by atoms with Gasteiger partial charge in [0.2, 0.25) is 5.91 Å². The van der Waals surface area contributed by atoms with Crippen molar-refractivity contribution in [3.05, 3.63) is 24.3 Å². The normalized spacial score (nSPS) is 16.4. The summed E-state index contributed by atoms with van der Waals surface area (Å²) in [7, 11) is 0. The highest BCUT2D eigenvalue weighted by molar-refractivity contribution is 5.90. The first-order valence-electron chi connectivity index (χ1n) is 6.53. The number of aromatic hydroxyl groups is 1. The standard InChI is InChI=1S/C14H20N2O2/c17-13-3-1-2-12(10-13)16-14(18)5-4-11-6-8-15-9-7-11/h1-3,10-11,15,17H,4-9H2,(H,16,18). The smallest absolute Gasteiger partial charge is 0.224 e. The number of phenolic OH excluding ortho intramolecular Hbond substituents is 1. The summed E-state index contributed by atoms with van der Waals surface area (Å²) in [6, 6.07) is 6.65. The number of benzene rings is 1. The first-order chi connectivity index (χ1) is 8.74. The first-order valence-corrected chi connectivity index (χ1v) is 6.53. The minimum absolute atomic E-state index is 0.0270. The second-order valence-corrected chi connectivity index (χ2v) is 4.83. The average Bonchev–Trinajstić information content (AvgIpc) is 2.38. The molecule has 1 saturated heterocycles. The van der Waals surface area contributed by atoms with Gasteiger partial charge in [0.25, 0.3) is 0 Å². The molecule has 0 atom stereocenters. The number of piperidine rings is 1. The van der Waals surface area contributed by atoms with Crippen LogP contribution in [0.3, 0.4) is 0 Å². The van der Waals surface area contributed by atoms with Gasteiger partial charge in [0.05, 0.1) is 0 Å². The number of nitrogens with one attached hydrogen (secondary N) is 2. The fourth-order valence-corrected chi connectivity index (χ4v) is 2.31. The Morgan fingerprint density at radius 2 is 2.17 bits per heavy atom. The third-order valence-corrected chi connectivity index (χ3v) is 3.37. The third kappa shape index (κ3) is 4.04. The maximum Gasteiger partial charge on any atom is 0.224 e. The van der Waals surface area contributed by atoms with Gasteiger partial charge in [-0.25, -0.2) is 0 Å². The summed E-state index contributed by atoms with van der Waals surface area (Å²) in [5, 5.41) is 15.4. The molecule has 1 aromatic rings. The number of phenols is 1. The Morgan fingerprint density at radius 3 is 2.89 bits per heavy atom. The molecular weight excluding hydrogens is 228 g/mol. The van der Waals surface area contributed by atoms with Gasteiger partial charge >= 0.3 is 0 Å². The monoisotopic (exact) mass is 248 g/mol. The van der Waals surface area contributed by atoms with E-state index in [2.05, 4.69) is 10.6 Å². The summed E-state index contributed by atoms with van der Waals surface area (Å²) in [5.41, 5.74) is 0.658. The van der Waals surface area contributed by atoms with Crippen LogP contribution in [0.15, 0.2) is 24.3 Å². The first kappa shape index (κ1) is 12.9. The minimum atomic E-state index is 0.0270. The molecule has 0 saturated carbocycles. The van der Waals surface area contributed by atoms with Crippen LogP contribution in [0.25, 0.3) is 0 Å². The zero-order valence-electron chi connectivity index (χ0n) is 10.5. The fraction of sp³-hybridized carbons (Fsp3) is 0.500. The molecule has 0 bridgehead atoms. The molecule has 4 nitrogen and oxygen atoms in total. The Balaban J connectivity index is 1.74. The van der Waals surface area contributed by atoms with Crippen LogP contribution >= 0.6 is 0 Å². The van der Waals surface area contributed by atoms with E-state index in [1.165, 1.54) is 12.8 Å². The summed E-state index contributed by atoms with van der Waals surface area (Å²) < 4.78 is 0. The van der Waals surface area contributed by atoms with Crippen LogP contribution in [0.2, 0.25) is 0 Å². The van der Waals surface area contributed by atoms with Gasteiger partial charge in [0, 0.05) is 18.2 Å². The van der Waals surface area contributed by atoms with Crippen molar-refractivity contribution in [1.82, 2.24) is 5.32 Å². The lowest BCUT2D eigenvalue weighted by atomic mass is 9.93. The summed E-state index contributed by atoms with van der Waals surface area (Å²) in [5.74, 6) is 0.867. The number of carbonyl (C=O) groups excluding carboxylic acids is 1. The zero-order chi connectivity index (χ0) is 12.8. The van der Waals surface area contributed by atoms with Crippen molar-refractivity contribution >= 4 is 11.6 Å². The van der Waals surface area contributed by atoms with E-state index >= 15 is 0 Å². The Labute approximate surface area is 107 Å². The van der Waals surface area contributed by atoms with Gasteiger partial charge in [-0.3, -0.25) is 4.79 Å². The van der Waals surface area contributed by atoms with Crippen molar-refractivity contribution in [3.63, 3.8) is 0 Å². The van der Waals surface area contributed by atoms with Gasteiger partial charge in [-0.2, -0.15) is 0 Å². The molecule has 3 N–H and O–H groups in total. The van der Waals surface area contributed by atoms with Crippen LogP contribution in [0.5, 0.6) is 5.75 Å².